The Kier molecular flexibility index (Phi) is 5.69. The number of hydrogen-bond acceptors (Lipinski definition) is 6. The minimum atomic E-state index is -3.69. The van der Waals surface area contributed by atoms with Gasteiger partial charge in [0.2, 0.25) is 10.0 Å². The molecule has 152 valence electrons. The van der Waals surface area contributed by atoms with Crippen molar-refractivity contribution in [1.82, 2.24) is 9.38 Å². The zero-order valence-electron chi connectivity index (χ0n) is 16.3. The molecule has 0 N–H and O–H groups in total. The molecule has 0 saturated carbocycles. The van der Waals surface area contributed by atoms with Gasteiger partial charge in [-0.2, -0.15) is 0 Å². The van der Waals surface area contributed by atoms with Crippen LogP contribution in [0, 0.1) is 13.8 Å². The lowest BCUT2D eigenvalue weighted by Gasteiger charge is -2.23. The van der Waals surface area contributed by atoms with Crippen LogP contribution >= 0.6 is 0 Å². The fourth-order valence-electron chi connectivity index (χ4n) is 2.87. The first kappa shape index (κ1) is 20.5. The highest BCUT2D eigenvalue weighted by Gasteiger charge is 2.23. The van der Waals surface area contributed by atoms with Gasteiger partial charge in [0.15, 0.2) is 0 Å². The number of sulfonamides is 1. The number of aromatic nitrogens is 2. The summed E-state index contributed by atoms with van der Waals surface area (Å²) in [6.07, 6.45) is 2.70. The second-order valence-corrected chi connectivity index (χ2v) is 8.64. The van der Waals surface area contributed by atoms with Crippen LogP contribution in [-0.4, -0.2) is 36.6 Å². The van der Waals surface area contributed by atoms with Crippen molar-refractivity contribution >= 4 is 27.3 Å². The second-order valence-electron chi connectivity index (χ2n) is 6.74. The number of rotatable bonds is 6. The summed E-state index contributed by atoms with van der Waals surface area (Å²) in [5, 5.41) is 0. The van der Waals surface area contributed by atoms with E-state index in [2.05, 4.69) is 4.98 Å². The van der Waals surface area contributed by atoms with E-state index >= 15 is 0 Å². The molecule has 0 bridgehead atoms. The molecular weight excluding hydrogens is 394 g/mol. The van der Waals surface area contributed by atoms with Crippen LogP contribution in [0.15, 0.2) is 53.5 Å². The van der Waals surface area contributed by atoms with E-state index in [0.29, 0.717) is 16.9 Å². The number of ether oxygens (including phenoxy) is 1. The van der Waals surface area contributed by atoms with Gasteiger partial charge in [0.1, 0.15) is 18.8 Å². The Labute approximate surface area is 168 Å². The molecule has 2 heterocycles. The van der Waals surface area contributed by atoms with Gasteiger partial charge in [-0.25, -0.2) is 13.4 Å². The Morgan fingerprint density at radius 1 is 1.17 bits per heavy atom. The summed E-state index contributed by atoms with van der Waals surface area (Å²) < 4.78 is 31.9. The van der Waals surface area contributed by atoms with Crippen molar-refractivity contribution in [2.24, 2.45) is 0 Å². The normalized spacial score (nSPS) is 11.4. The van der Waals surface area contributed by atoms with Gasteiger partial charge in [0.25, 0.3) is 5.56 Å². The maximum Gasteiger partial charge on any atom is 0.327 e. The standard InChI is InChI=1S/C20H21N3O5S/c1-14-8-9-18-21-16(10-19(24)22(18)11-14)13-28-20(25)12-23(29(3,26)27)17-7-5-4-6-15(17)2/h4-11H,12-13H2,1-3H3. The van der Waals surface area contributed by atoms with Crippen molar-refractivity contribution in [3.63, 3.8) is 0 Å². The number of pyridine rings is 1. The zero-order valence-corrected chi connectivity index (χ0v) is 17.1. The lowest BCUT2D eigenvalue weighted by Crippen LogP contribution is -2.36. The molecule has 0 fully saturated rings. The molecule has 0 radical (unpaired) electrons. The number of aryl methyl sites for hydroxylation is 2. The average Bonchev–Trinajstić information content (AvgIpc) is 2.65. The number of para-hydroxylation sites is 1. The van der Waals surface area contributed by atoms with E-state index in [-0.39, 0.29) is 17.9 Å². The zero-order chi connectivity index (χ0) is 21.2. The van der Waals surface area contributed by atoms with Gasteiger partial charge in [-0.3, -0.25) is 18.3 Å². The molecule has 0 aliphatic rings. The van der Waals surface area contributed by atoms with Gasteiger partial charge in [-0.05, 0) is 37.1 Å². The molecule has 0 amide bonds. The van der Waals surface area contributed by atoms with Crippen LogP contribution in [0.5, 0.6) is 0 Å². The van der Waals surface area contributed by atoms with Gasteiger partial charge < -0.3 is 4.74 Å². The van der Waals surface area contributed by atoms with Crippen LogP contribution < -0.4 is 9.86 Å². The first-order valence-electron chi connectivity index (χ1n) is 8.83. The first-order chi connectivity index (χ1) is 13.6. The number of fused-ring (bicyclic) bond motifs is 1. The molecule has 0 aliphatic heterocycles. The van der Waals surface area contributed by atoms with Crippen LogP contribution in [-0.2, 0) is 26.2 Å². The van der Waals surface area contributed by atoms with Crippen molar-refractivity contribution in [1.29, 1.82) is 0 Å². The lowest BCUT2D eigenvalue weighted by atomic mass is 10.2. The third-order valence-corrected chi connectivity index (χ3v) is 5.43. The van der Waals surface area contributed by atoms with E-state index < -0.39 is 22.5 Å². The highest BCUT2D eigenvalue weighted by atomic mass is 32.2. The minimum absolute atomic E-state index is 0.232. The van der Waals surface area contributed by atoms with Crippen LogP contribution in [0.25, 0.3) is 5.65 Å². The Balaban J connectivity index is 1.76. The Morgan fingerprint density at radius 2 is 1.90 bits per heavy atom. The van der Waals surface area contributed by atoms with Crippen molar-refractivity contribution in [2.75, 3.05) is 17.1 Å². The van der Waals surface area contributed by atoms with Crippen molar-refractivity contribution in [2.45, 2.75) is 20.5 Å². The fourth-order valence-corrected chi connectivity index (χ4v) is 3.78. The largest absolute Gasteiger partial charge is 0.458 e. The summed E-state index contributed by atoms with van der Waals surface area (Å²) in [5.41, 5.74) is 2.47. The highest BCUT2D eigenvalue weighted by Crippen LogP contribution is 2.21. The molecule has 8 nitrogen and oxygen atoms in total. The minimum Gasteiger partial charge on any atom is -0.458 e. The number of nitrogens with zero attached hydrogens (tertiary/aromatic N) is 3. The fraction of sp³-hybridized carbons (Fsp3) is 0.250. The first-order valence-corrected chi connectivity index (χ1v) is 10.7. The summed E-state index contributed by atoms with van der Waals surface area (Å²) in [7, 11) is -3.69. The molecular formula is C20H21N3O5S. The Hall–Kier alpha value is -3.20. The third kappa shape index (κ3) is 4.80. The number of carbonyl (C=O) groups excluding carboxylic acids is 1. The van der Waals surface area contributed by atoms with Crippen molar-refractivity contribution in [3.05, 3.63) is 75.8 Å². The predicted octanol–water partition coefficient (Wildman–Crippen LogP) is 1.82. The Morgan fingerprint density at radius 3 is 2.59 bits per heavy atom. The molecule has 29 heavy (non-hydrogen) atoms. The van der Waals surface area contributed by atoms with Crippen LogP contribution in [0.1, 0.15) is 16.8 Å². The molecule has 0 atom stereocenters. The van der Waals surface area contributed by atoms with Crippen molar-refractivity contribution in [3.8, 4) is 0 Å². The van der Waals surface area contributed by atoms with E-state index in [4.69, 9.17) is 4.74 Å². The molecule has 3 rings (SSSR count). The van der Waals surface area contributed by atoms with Crippen LogP contribution in [0.4, 0.5) is 5.69 Å². The smallest absolute Gasteiger partial charge is 0.327 e. The summed E-state index contributed by atoms with van der Waals surface area (Å²) in [6, 6.07) is 11.7. The van der Waals surface area contributed by atoms with Crippen molar-refractivity contribution < 1.29 is 17.9 Å². The number of anilines is 1. The van der Waals surface area contributed by atoms with Crippen LogP contribution in [0.3, 0.4) is 0 Å². The maximum atomic E-state index is 12.3. The maximum absolute atomic E-state index is 12.3. The van der Waals surface area contributed by atoms with Gasteiger partial charge in [-0.1, -0.05) is 24.3 Å². The molecule has 2 aromatic heterocycles. The van der Waals surface area contributed by atoms with E-state index in [0.717, 1.165) is 16.1 Å². The molecule has 1 aromatic carbocycles. The summed E-state index contributed by atoms with van der Waals surface area (Å²) in [6.45, 7) is 2.91. The lowest BCUT2D eigenvalue weighted by molar-refractivity contribution is -0.143. The molecule has 0 spiro atoms. The molecule has 0 unspecified atom stereocenters. The topological polar surface area (TPSA) is 98.0 Å². The van der Waals surface area contributed by atoms with Gasteiger partial charge in [0, 0.05) is 12.3 Å². The van der Waals surface area contributed by atoms with Gasteiger partial charge in [-0.15, -0.1) is 0 Å². The third-order valence-electron chi connectivity index (χ3n) is 4.30. The van der Waals surface area contributed by atoms with E-state index in [9.17, 15) is 18.0 Å². The van der Waals surface area contributed by atoms with Crippen LogP contribution in [0.2, 0.25) is 0 Å². The number of hydrogen-bond donors (Lipinski definition) is 0. The van der Waals surface area contributed by atoms with E-state index in [1.807, 2.05) is 13.0 Å². The highest BCUT2D eigenvalue weighted by molar-refractivity contribution is 7.92. The molecule has 0 aliphatic carbocycles. The Bertz CT molecular complexity index is 1230. The number of esters is 1. The van der Waals surface area contributed by atoms with Gasteiger partial charge >= 0.3 is 5.97 Å². The summed E-state index contributed by atoms with van der Waals surface area (Å²) >= 11 is 0. The summed E-state index contributed by atoms with van der Waals surface area (Å²) in [4.78, 5) is 28.8. The number of benzene rings is 1. The quantitative estimate of drug-likeness (QED) is 0.570. The molecule has 0 saturated heterocycles. The predicted molar refractivity (Wildman–Crippen MR) is 109 cm³/mol. The van der Waals surface area contributed by atoms with E-state index in [1.54, 1.807) is 43.5 Å². The molecule has 9 heteroatoms. The summed E-state index contributed by atoms with van der Waals surface area (Å²) in [5.74, 6) is -0.746. The molecule has 3 aromatic rings. The second kappa shape index (κ2) is 8.04. The monoisotopic (exact) mass is 415 g/mol. The average molecular weight is 415 g/mol. The van der Waals surface area contributed by atoms with Gasteiger partial charge in [0.05, 0.1) is 17.6 Å². The number of carbonyl (C=O) groups is 1. The van der Waals surface area contributed by atoms with E-state index in [1.165, 1.54) is 10.5 Å². The SMILES string of the molecule is Cc1ccc2nc(COC(=O)CN(c3ccccc3C)S(C)(=O)=O)cc(=O)n2c1.